The first-order valence-electron chi connectivity index (χ1n) is 8.04. The normalized spacial score (nSPS) is 20.0. The molecule has 0 aromatic carbocycles. The molecule has 21 heavy (non-hydrogen) atoms. The molecule has 0 atom stereocenters. The zero-order valence-electron chi connectivity index (χ0n) is 12.4. The first-order valence-corrected chi connectivity index (χ1v) is 9.09. The van der Waals surface area contributed by atoms with Crippen molar-refractivity contribution in [1.29, 1.82) is 0 Å². The average Bonchev–Trinajstić information content (AvgIpc) is 3.19. The van der Waals surface area contributed by atoms with Gasteiger partial charge in [0.05, 0.1) is 11.3 Å². The number of amides is 1. The van der Waals surface area contributed by atoms with Gasteiger partial charge in [-0.2, -0.15) is 11.8 Å². The van der Waals surface area contributed by atoms with Gasteiger partial charge in [-0.05, 0) is 25.7 Å². The van der Waals surface area contributed by atoms with Crippen LogP contribution in [-0.2, 0) is 5.75 Å². The van der Waals surface area contributed by atoms with Gasteiger partial charge in [0.15, 0.2) is 0 Å². The highest BCUT2D eigenvalue weighted by atomic mass is 32.2. The van der Waals surface area contributed by atoms with Gasteiger partial charge in [-0.15, -0.1) is 0 Å². The zero-order valence-corrected chi connectivity index (χ0v) is 13.2. The van der Waals surface area contributed by atoms with Crippen LogP contribution in [0, 0.1) is 0 Å². The largest absolute Gasteiger partial charge is 0.349 e. The Morgan fingerprint density at radius 1 is 1.10 bits per heavy atom. The average molecular weight is 305 g/mol. The maximum Gasteiger partial charge on any atom is 0.254 e. The Kier molecular flexibility index (Phi) is 5.12. The molecule has 3 rings (SSSR count). The molecule has 2 fully saturated rings. The van der Waals surface area contributed by atoms with Crippen LogP contribution in [-0.4, -0.2) is 27.2 Å². The van der Waals surface area contributed by atoms with E-state index in [2.05, 4.69) is 15.3 Å². The first kappa shape index (κ1) is 14.8. The van der Waals surface area contributed by atoms with Crippen molar-refractivity contribution < 1.29 is 4.79 Å². The molecule has 1 amide bonds. The van der Waals surface area contributed by atoms with Crippen molar-refractivity contribution in [3.8, 4) is 0 Å². The minimum atomic E-state index is -0.0307. The third-order valence-electron chi connectivity index (χ3n) is 4.41. The molecule has 5 heteroatoms. The molecule has 2 aliphatic rings. The molecule has 4 nitrogen and oxygen atoms in total. The molecule has 2 saturated carbocycles. The Hall–Kier alpha value is -1.10. The van der Waals surface area contributed by atoms with Crippen LogP contribution in [0.1, 0.15) is 67.5 Å². The summed E-state index contributed by atoms with van der Waals surface area (Å²) in [6.45, 7) is 0. The predicted octanol–water partition coefficient (Wildman–Crippen LogP) is 3.32. The van der Waals surface area contributed by atoms with E-state index in [1.807, 2.05) is 11.8 Å². The fourth-order valence-corrected chi connectivity index (χ4v) is 4.33. The Balaban J connectivity index is 1.49. The number of carbonyl (C=O) groups is 1. The van der Waals surface area contributed by atoms with Crippen molar-refractivity contribution in [2.75, 3.05) is 0 Å². The number of thioether (sulfide) groups is 1. The van der Waals surface area contributed by atoms with Gasteiger partial charge in [0.25, 0.3) is 5.91 Å². The number of rotatable bonds is 5. The Bertz CT molecular complexity index is 465. The van der Waals surface area contributed by atoms with Gasteiger partial charge >= 0.3 is 0 Å². The fourth-order valence-electron chi connectivity index (χ4n) is 3.13. The van der Waals surface area contributed by atoms with Crippen molar-refractivity contribution in [3.05, 3.63) is 23.8 Å². The second-order valence-electron chi connectivity index (χ2n) is 6.06. The summed E-state index contributed by atoms with van der Waals surface area (Å²) < 4.78 is 0. The standard InChI is InChI=1S/C16H23N3OS/c20-16(19-13-5-1-2-6-13)12-9-17-15(18-10-12)11-21-14-7-3-4-8-14/h9-10,13-14H,1-8,11H2,(H,19,20). The van der Waals surface area contributed by atoms with E-state index in [0.717, 1.165) is 29.7 Å². The third-order valence-corrected chi connectivity index (χ3v) is 5.78. The van der Waals surface area contributed by atoms with Gasteiger partial charge in [-0.3, -0.25) is 4.79 Å². The van der Waals surface area contributed by atoms with Crippen LogP contribution in [0.5, 0.6) is 0 Å². The minimum Gasteiger partial charge on any atom is -0.349 e. The molecule has 0 bridgehead atoms. The van der Waals surface area contributed by atoms with Crippen molar-refractivity contribution in [1.82, 2.24) is 15.3 Å². The summed E-state index contributed by atoms with van der Waals surface area (Å²) in [6, 6.07) is 0.343. The number of aromatic nitrogens is 2. The van der Waals surface area contributed by atoms with E-state index in [0.29, 0.717) is 11.6 Å². The van der Waals surface area contributed by atoms with Crippen LogP contribution in [0.3, 0.4) is 0 Å². The van der Waals surface area contributed by atoms with E-state index in [1.165, 1.54) is 38.5 Å². The lowest BCUT2D eigenvalue weighted by atomic mass is 10.2. The summed E-state index contributed by atoms with van der Waals surface area (Å²) in [4.78, 5) is 20.8. The zero-order chi connectivity index (χ0) is 14.5. The highest BCUT2D eigenvalue weighted by molar-refractivity contribution is 7.99. The Morgan fingerprint density at radius 2 is 1.71 bits per heavy atom. The lowest BCUT2D eigenvalue weighted by molar-refractivity contribution is 0.0937. The third kappa shape index (κ3) is 4.19. The molecule has 0 unspecified atom stereocenters. The molecule has 1 heterocycles. The Labute approximate surface area is 130 Å². The summed E-state index contributed by atoms with van der Waals surface area (Å²) in [5, 5.41) is 3.84. The predicted molar refractivity (Wildman–Crippen MR) is 85.3 cm³/mol. The molecule has 1 aromatic rings. The maximum absolute atomic E-state index is 12.1. The quantitative estimate of drug-likeness (QED) is 0.906. The van der Waals surface area contributed by atoms with Crippen LogP contribution < -0.4 is 5.32 Å². The van der Waals surface area contributed by atoms with Crippen LogP contribution in [0.2, 0.25) is 0 Å². The van der Waals surface area contributed by atoms with Crippen molar-refractivity contribution in [2.24, 2.45) is 0 Å². The molecular weight excluding hydrogens is 282 g/mol. The lowest BCUT2D eigenvalue weighted by Gasteiger charge is -2.11. The highest BCUT2D eigenvalue weighted by Crippen LogP contribution is 2.30. The fraction of sp³-hybridized carbons (Fsp3) is 0.688. The van der Waals surface area contributed by atoms with Crippen LogP contribution in [0.25, 0.3) is 0 Å². The van der Waals surface area contributed by atoms with Gasteiger partial charge in [0, 0.05) is 23.7 Å². The summed E-state index contributed by atoms with van der Waals surface area (Å²) in [5.74, 6) is 1.66. The van der Waals surface area contributed by atoms with Crippen LogP contribution in [0.15, 0.2) is 12.4 Å². The van der Waals surface area contributed by atoms with Gasteiger partial charge in [0.2, 0.25) is 0 Å². The molecule has 1 N–H and O–H groups in total. The summed E-state index contributed by atoms with van der Waals surface area (Å²) in [7, 11) is 0. The van der Waals surface area contributed by atoms with E-state index in [4.69, 9.17) is 0 Å². The Morgan fingerprint density at radius 3 is 2.38 bits per heavy atom. The topological polar surface area (TPSA) is 54.9 Å². The van der Waals surface area contributed by atoms with E-state index in [9.17, 15) is 4.79 Å². The van der Waals surface area contributed by atoms with Gasteiger partial charge in [-0.25, -0.2) is 9.97 Å². The number of nitrogens with zero attached hydrogens (tertiary/aromatic N) is 2. The maximum atomic E-state index is 12.1. The molecule has 2 aliphatic carbocycles. The molecule has 114 valence electrons. The molecule has 1 aromatic heterocycles. The molecule has 0 saturated heterocycles. The van der Waals surface area contributed by atoms with Gasteiger partial charge < -0.3 is 5.32 Å². The highest BCUT2D eigenvalue weighted by Gasteiger charge is 2.19. The molecule has 0 radical (unpaired) electrons. The van der Waals surface area contributed by atoms with Crippen molar-refractivity contribution >= 4 is 17.7 Å². The summed E-state index contributed by atoms with van der Waals surface area (Å²) in [5.41, 5.74) is 0.580. The van der Waals surface area contributed by atoms with E-state index < -0.39 is 0 Å². The minimum absolute atomic E-state index is 0.0307. The number of hydrogen-bond acceptors (Lipinski definition) is 4. The monoisotopic (exact) mass is 305 g/mol. The second-order valence-corrected chi connectivity index (χ2v) is 7.35. The number of carbonyl (C=O) groups excluding carboxylic acids is 1. The summed E-state index contributed by atoms with van der Waals surface area (Å²) >= 11 is 1.95. The second kappa shape index (κ2) is 7.25. The first-order chi connectivity index (χ1) is 10.3. The number of nitrogens with one attached hydrogen (secondary N) is 1. The molecule has 0 aliphatic heterocycles. The SMILES string of the molecule is O=C(NC1CCCC1)c1cnc(CSC2CCCC2)nc1. The molecule has 0 spiro atoms. The van der Waals surface area contributed by atoms with Crippen LogP contribution >= 0.6 is 11.8 Å². The summed E-state index contributed by atoms with van der Waals surface area (Å²) in [6.07, 6.45) is 13.4. The van der Waals surface area contributed by atoms with Crippen molar-refractivity contribution in [3.63, 3.8) is 0 Å². The van der Waals surface area contributed by atoms with Crippen molar-refractivity contribution in [2.45, 2.75) is 68.4 Å². The number of hydrogen-bond donors (Lipinski definition) is 1. The van der Waals surface area contributed by atoms with Crippen LogP contribution in [0.4, 0.5) is 0 Å². The smallest absolute Gasteiger partial charge is 0.254 e. The van der Waals surface area contributed by atoms with Gasteiger partial charge in [-0.1, -0.05) is 25.7 Å². The van der Waals surface area contributed by atoms with E-state index in [1.54, 1.807) is 12.4 Å². The van der Waals surface area contributed by atoms with E-state index in [-0.39, 0.29) is 5.91 Å². The molecular formula is C16H23N3OS. The van der Waals surface area contributed by atoms with E-state index >= 15 is 0 Å². The van der Waals surface area contributed by atoms with Gasteiger partial charge in [0.1, 0.15) is 5.82 Å². The lowest BCUT2D eigenvalue weighted by Crippen LogP contribution is -2.32.